The zero-order chi connectivity index (χ0) is 18.8. The van der Waals surface area contributed by atoms with Crippen LogP contribution in [0.2, 0.25) is 0 Å². The van der Waals surface area contributed by atoms with Crippen LogP contribution < -0.4 is 5.32 Å². The molecule has 0 fully saturated rings. The van der Waals surface area contributed by atoms with E-state index in [1.807, 2.05) is 4.90 Å². The van der Waals surface area contributed by atoms with Gasteiger partial charge in [-0.3, -0.25) is 9.69 Å². The third-order valence-electron chi connectivity index (χ3n) is 4.51. The van der Waals surface area contributed by atoms with Crippen molar-refractivity contribution in [2.45, 2.75) is 19.5 Å². The van der Waals surface area contributed by atoms with Gasteiger partial charge >= 0.3 is 0 Å². The average Bonchev–Trinajstić information content (AvgIpc) is 3.32. The number of hydrogen-bond acceptors (Lipinski definition) is 5. The highest BCUT2D eigenvalue weighted by atomic mass is 19.2. The number of amides is 1. The molecule has 6 nitrogen and oxygen atoms in total. The van der Waals surface area contributed by atoms with E-state index in [-0.39, 0.29) is 12.5 Å². The minimum atomic E-state index is -0.936. The molecule has 0 saturated carbocycles. The van der Waals surface area contributed by atoms with Crippen LogP contribution in [0.3, 0.4) is 0 Å². The lowest BCUT2D eigenvalue weighted by molar-refractivity contribution is -0.122. The molecule has 0 atom stereocenters. The summed E-state index contributed by atoms with van der Waals surface area (Å²) >= 11 is 0. The second-order valence-electron chi connectivity index (χ2n) is 6.38. The van der Waals surface area contributed by atoms with Crippen molar-refractivity contribution in [1.82, 2.24) is 15.4 Å². The largest absolute Gasteiger partial charge is 0.467 e. The normalized spacial score (nSPS) is 14.1. The molecular weight excluding hydrogens is 356 g/mol. The Morgan fingerprint density at radius 2 is 2.15 bits per heavy atom. The predicted molar refractivity (Wildman–Crippen MR) is 91.4 cm³/mol. The molecule has 8 heteroatoms. The molecule has 0 bridgehead atoms. The number of rotatable bonds is 5. The van der Waals surface area contributed by atoms with E-state index in [0.29, 0.717) is 48.8 Å². The number of carbonyl (C=O) groups is 1. The molecular formula is C19H17F2N3O3. The van der Waals surface area contributed by atoms with Crippen LogP contribution in [-0.4, -0.2) is 29.1 Å². The molecule has 3 aromatic rings. The first-order chi connectivity index (χ1) is 13.1. The smallest absolute Gasteiger partial charge is 0.234 e. The fraction of sp³-hybridized carbons (Fsp3) is 0.263. The van der Waals surface area contributed by atoms with E-state index in [9.17, 15) is 13.6 Å². The molecule has 3 heterocycles. The SMILES string of the molecule is O=C(CN1CCc2onc(-c3ccc(F)c(F)c3)c2C1)NCc1ccco1. The van der Waals surface area contributed by atoms with Crippen molar-refractivity contribution < 1.29 is 22.5 Å². The van der Waals surface area contributed by atoms with Gasteiger partial charge in [0.1, 0.15) is 17.2 Å². The monoisotopic (exact) mass is 373 g/mol. The molecule has 4 rings (SSSR count). The highest BCUT2D eigenvalue weighted by Crippen LogP contribution is 2.30. The molecule has 0 radical (unpaired) electrons. The molecule has 0 unspecified atom stereocenters. The van der Waals surface area contributed by atoms with Crippen molar-refractivity contribution >= 4 is 5.91 Å². The summed E-state index contributed by atoms with van der Waals surface area (Å²) in [5.41, 5.74) is 1.72. The van der Waals surface area contributed by atoms with Gasteiger partial charge in [-0.2, -0.15) is 0 Å². The third kappa shape index (κ3) is 3.75. The van der Waals surface area contributed by atoms with Gasteiger partial charge in [-0.05, 0) is 30.3 Å². The van der Waals surface area contributed by atoms with Crippen LogP contribution >= 0.6 is 0 Å². The molecule has 2 aromatic heterocycles. The summed E-state index contributed by atoms with van der Waals surface area (Å²) < 4.78 is 37.3. The number of nitrogens with zero attached hydrogens (tertiary/aromatic N) is 2. The number of aromatic nitrogens is 1. The number of furan rings is 1. The summed E-state index contributed by atoms with van der Waals surface area (Å²) in [5, 5.41) is 6.82. The van der Waals surface area contributed by atoms with Gasteiger partial charge in [0.05, 0.1) is 19.4 Å². The van der Waals surface area contributed by atoms with Gasteiger partial charge in [-0.15, -0.1) is 0 Å². The van der Waals surface area contributed by atoms with Gasteiger partial charge in [0.15, 0.2) is 11.6 Å². The van der Waals surface area contributed by atoms with Crippen molar-refractivity contribution in [2.24, 2.45) is 0 Å². The van der Waals surface area contributed by atoms with Crippen LogP contribution in [0.25, 0.3) is 11.3 Å². The topological polar surface area (TPSA) is 71.5 Å². The van der Waals surface area contributed by atoms with E-state index in [2.05, 4.69) is 10.5 Å². The average molecular weight is 373 g/mol. The lowest BCUT2D eigenvalue weighted by Crippen LogP contribution is -2.39. The zero-order valence-corrected chi connectivity index (χ0v) is 14.4. The van der Waals surface area contributed by atoms with E-state index >= 15 is 0 Å². The van der Waals surface area contributed by atoms with E-state index in [1.165, 1.54) is 6.07 Å². The summed E-state index contributed by atoms with van der Waals surface area (Å²) in [5.74, 6) is -0.577. The summed E-state index contributed by atoms with van der Waals surface area (Å²) in [7, 11) is 0. The van der Waals surface area contributed by atoms with Crippen LogP contribution in [-0.2, 0) is 24.3 Å². The van der Waals surface area contributed by atoms with Gasteiger partial charge in [-0.1, -0.05) is 5.16 Å². The number of carbonyl (C=O) groups excluding carboxylic acids is 1. The Bertz CT molecular complexity index is 953. The Kier molecular flexibility index (Phi) is 4.72. The molecule has 1 aliphatic rings. The van der Waals surface area contributed by atoms with Crippen LogP contribution in [0.5, 0.6) is 0 Å². The molecule has 1 N–H and O–H groups in total. The molecule has 1 amide bonds. The summed E-state index contributed by atoms with van der Waals surface area (Å²) in [6, 6.07) is 7.18. The van der Waals surface area contributed by atoms with Crippen LogP contribution in [0, 0.1) is 11.6 Å². The zero-order valence-electron chi connectivity index (χ0n) is 14.4. The van der Waals surface area contributed by atoms with Crippen LogP contribution in [0.1, 0.15) is 17.1 Å². The maximum Gasteiger partial charge on any atom is 0.234 e. The maximum absolute atomic E-state index is 13.5. The van der Waals surface area contributed by atoms with Gasteiger partial charge < -0.3 is 14.3 Å². The first-order valence-corrected chi connectivity index (χ1v) is 8.54. The van der Waals surface area contributed by atoms with Gasteiger partial charge in [-0.25, -0.2) is 8.78 Å². The number of halogens is 2. The van der Waals surface area contributed by atoms with Crippen molar-refractivity contribution in [3.05, 3.63) is 65.3 Å². The molecule has 1 aromatic carbocycles. The lowest BCUT2D eigenvalue weighted by Gasteiger charge is -2.25. The highest BCUT2D eigenvalue weighted by Gasteiger charge is 2.26. The number of benzene rings is 1. The second kappa shape index (κ2) is 7.32. The number of fused-ring (bicyclic) bond motifs is 1. The minimum absolute atomic E-state index is 0.124. The fourth-order valence-corrected chi connectivity index (χ4v) is 3.13. The Hall–Kier alpha value is -3.00. The third-order valence-corrected chi connectivity index (χ3v) is 4.51. The Balaban J connectivity index is 1.44. The van der Waals surface area contributed by atoms with Gasteiger partial charge in [0.2, 0.25) is 5.91 Å². The first kappa shape index (κ1) is 17.4. The standard InChI is InChI=1S/C19H17F2N3O3/c20-15-4-3-12(8-16(15)21)19-14-10-24(6-5-17(14)27-23-19)11-18(25)22-9-13-2-1-7-26-13/h1-4,7-8H,5-6,9-11H2,(H,22,25). The maximum atomic E-state index is 13.5. The molecule has 1 aliphatic heterocycles. The molecule has 27 heavy (non-hydrogen) atoms. The van der Waals surface area contributed by atoms with E-state index in [0.717, 1.165) is 17.7 Å². The van der Waals surface area contributed by atoms with Crippen molar-refractivity contribution in [3.63, 3.8) is 0 Å². The minimum Gasteiger partial charge on any atom is -0.467 e. The molecule has 0 saturated heterocycles. The summed E-state index contributed by atoms with van der Waals surface area (Å²) in [6.07, 6.45) is 2.15. The molecule has 140 valence electrons. The van der Waals surface area contributed by atoms with E-state index in [4.69, 9.17) is 8.94 Å². The Morgan fingerprint density at radius 3 is 2.93 bits per heavy atom. The number of hydrogen-bond donors (Lipinski definition) is 1. The second-order valence-corrected chi connectivity index (χ2v) is 6.38. The fourth-order valence-electron chi connectivity index (χ4n) is 3.13. The van der Waals surface area contributed by atoms with Gasteiger partial charge in [0, 0.05) is 30.6 Å². The highest BCUT2D eigenvalue weighted by molar-refractivity contribution is 5.78. The van der Waals surface area contributed by atoms with Crippen LogP contribution in [0.15, 0.2) is 45.5 Å². The lowest BCUT2D eigenvalue weighted by atomic mass is 10.0. The first-order valence-electron chi connectivity index (χ1n) is 8.54. The number of nitrogens with one attached hydrogen (secondary N) is 1. The van der Waals surface area contributed by atoms with Crippen molar-refractivity contribution in [1.29, 1.82) is 0 Å². The quantitative estimate of drug-likeness (QED) is 0.745. The molecule has 0 spiro atoms. The molecule has 0 aliphatic carbocycles. The van der Waals surface area contributed by atoms with Crippen LogP contribution in [0.4, 0.5) is 8.78 Å². The van der Waals surface area contributed by atoms with Crippen molar-refractivity contribution in [2.75, 3.05) is 13.1 Å². The van der Waals surface area contributed by atoms with E-state index in [1.54, 1.807) is 18.4 Å². The Labute approximate surface area is 153 Å². The van der Waals surface area contributed by atoms with E-state index < -0.39 is 11.6 Å². The predicted octanol–water partition coefficient (Wildman–Crippen LogP) is 2.89. The van der Waals surface area contributed by atoms with Crippen molar-refractivity contribution in [3.8, 4) is 11.3 Å². The van der Waals surface area contributed by atoms with Gasteiger partial charge in [0.25, 0.3) is 0 Å². The summed E-state index contributed by atoms with van der Waals surface area (Å²) in [6.45, 7) is 1.63. The summed E-state index contributed by atoms with van der Waals surface area (Å²) in [4.78, 5) is 14.1. The Morgan fingerprint density at radius 1 is 1.26 bits per heavy atom.